The minimum absolute atomic E-state index is 0.0357. The van der Waals surface area contributed by atoms with E-state index in [1.807, 2.05) is 19.1 Å². The van der Waals surface area contributed by atoms with Crippen molar-refractivity contribution in [3.63, 3.8) is 0 Å². The van der Waals surface area contributed by atoms with Crippen molar-refractivity contribution < 1.29 is 23.9 Å². The van der Waals surface area contributed by atoms with Crippen LogP contribution in [-0.2, 0) is 25.6 Å². The number of nitrogens with one attached hydrogen (secondary N) is 1. The van der Waals surface area contributed by atoms with Crippen LogP contribution in [0.15, 0.2) is 18.2 Å². The van der Waals surface area contributed by atoms with Crippen LogP contribution < -0.4 is 21.5 Å². The Kier molecular flexibility index (Phi) is 13.0. The molecule has 1 aliphatic heterocycles. The number of carbonyl (C=O) groups is 4. The second-order valence-electron chi connectivity index (χ2n) is 10.6. The maximum absolute atomic E-state index is 13.1. The summed E-state index contributed by atoms with van der Waals surface area (Å²) < 4.78 is 5.97. The molecule has 0 radical (unpaired) electrons. The van der Waals surface area contributed by atoms with Gasteiger partial charge in [0.2, 0.25) is 17.7 Å². The van der Waals surface area contributed by atoms with Gasteiger partial charge < -0.3 is 26.4 Å². The van der Waals surface area contributed by atoms with Crippen LogP contribution in [0, 0.1) is 11.8 Å². The topological polar surface area (TPSA) is 145 Å². The zero-order valence-electron chi connectivity index (χ0n) is 22.8. The van der Waals surface area contributed by atoms with Crippen molar-refractivity contribution in [3.05, 3.63) is 28.8 Å². The Morgan fingerprint density at radius 1 is 1.13 bits per heavy atom. The molecule has 1 fully saturated rings. The van der Waals surface area contributed by atoms with Gasteiger partial charge in [0.1, 0.15) is 12.4 Å². The standard InChI is InChI=1S/C28H43ClN4O5/c1-18(2)15-19(3)28(37)33-14-6-9-22(33)23(34)16-32-21(12-13-26(31)36)17-38-24-10-4-7-20(27(24)29)8-5-11-25(30)35/h4,7,10,18-19,21-22,32H,5-6,8-9,11-17H2,1-3H3,(H2,30,35)(H2,31,36)/t19-,21-,22-/m0/s1. The van der Waals surface area contributed by atoms with Gasteiger partial charge in [-0.25, -0.2) is 0 Å². The summed E-state index contributed by atoms with van der Waals surface area (Å²) in [6.07, 6.45) is 4.21. The molecule has 2 rings (SSSR count). The fourth-order valence-corrected chi connectivity index (χ4v) is 5.16. The quantitative estimate of drug-likeness (QED) is 0.272. The van der Waals surface area contributed by atoms with Gasteiger partial charge in [-0.05, 0) is 56.1 Å². The fourth-order valence-electron chi connectivity index (χ4n) is 4.88. The van der Waals surface area contributed by atoms with Crippen molar-refractivity contribution in [1.29, 1.82) is 0 Å². The Morgan fingerprint density at radius 3 is 2.50 bits per heavy atom. The summed E-state index contributed by atoms with van der Waals surface area (Å²) in [5.74, 6) is -0.0511. The molecule has 0 aliphatic carbocycles. The highest BCUT2D eigenvalue weighted by Gasteiger charge is 2.35. The molecule has 0 spiro atoms. The number of benzene rings is 1. The second kappa shape index (κ2) is 15.7. The van der Waals surface area contributed by atoms with Crippen molar-refractivity contribution in [3.8, 4) is 5.75 Å². The number of nitrogens with two attached hydrogens (primary N) is 2. The number of rotatable bonds is 17. The number of nitrogens with zero attached hydrogens (tertiary/aromatic N) is 1. The Morgan fingerprint density at radius 2 is 1.84 bits per heavy atom. The van der Waals surface area contributed by atoms with Crippen LogP contribution in [0.2, 0.25) is 5.02 Å². The molecule has 1 saturated heterocycles. The van der Waals surface area contributed by atoms with E-state index in [1.165, 1.54) is 0 Å². The molecule has 1 aromatic carbocycles. The van der Waals surface area contributed by atoms with Crippen LogP contribution in [0.4, 0.5) is 0 Å². The first-order chi connectivity index (χ1) is 18.0. The third-order valence-corrected chi connectivity index (χ3v) is 7.24. The zero-order chi connectivity index (χ0) is 28.2. The minimum Gasteiger partial charge on any atom is -0.490 e. The Hall–Kier alpha value is -2.65. The van der Waals surface area contributed by atoms with Crippen molar-refractivity contribution in [2.45, 2.75) is 84.2 Å². The number of Topliss-reactive ketones (excluding diaryl/α,β-unsaturated/α-hetero) is 1. The van der Waals surface area contributed by atoms with E-state index in [2.05, 4.69) is 19.2 Å². The number of hydrogen-bond donors (Lipinski definition) is 3. The van der Waals surface area contributed by atoms with E-state index in [1.54, 1.807) is 11.0 Å². The Balaban J connectivity index is 1.99. The molecule has 3 atom stereocenters. The molecular formula is C28H43ClN4O5. The molecule has 212 valence electrons. The first-order valence-electron chi connectivity index (χ1n) is 13.5. The molecule has 10 heteroatoms. The first kappa shape index (κ1) is 31.6. The smallest absolute Gasteiger partial charge is 0.226 e. The van der Waals surface area contributed by atoms with Crippen LogP contribution >= 0.6 is 11.6 Å². The van der Waals surface area contributed by atoms with Crippen LogP contribution in [0.25, 0.3) is 0 Å². The molecule has 0 aromatic heterocycles. The molecule has 1 heterocycles. The average molecular weight is 551 g/mol. The lowest BCUT2D eigenvalue weighted by molar-refractivity contribution is -0.140. The van der Waals surface area contributed by atoms with Crippen molar-refractivity contribution in [1.82, 2.24) is 10.2 Å². The predicted octanol–water partition coefficient (Wildman–Crippen LogP) is 2.99. The number of halogens is 1. The third-order valence-electron chi connectivity index (χ3n) is 6.81. The van der Waals surface area contributed by atoms with E-state index in [0.29, 0.717) is 48.9 Å². The van der Waals surface area contributed by atoms with E-state index >= 15 is 0 Å². The number of primary amides is 2. The van der Waals surface area contributed by atoms with Crippen LogP contribution in [0.3, 0.4) is 0 Å². The molecule has 1 aromatic rings. The largest absolute Gasteiger partial charge is 0.490 e. The van der Waals surface area contributed by atoms with Gasteiger partial charge in [-0.15, -0.1) is 0 Å². The van der Waals surface area contributed by atoms with E-state index in [0.717, 1.165) is 18.4 Å². The van der Waals surface area contributed by atoms with E-state index in [-0.39, 0.29) is 55.6 Å². The minimum atomic E-state index is -0.440. The van der Waals surface area contributed by atoms with Gasteiger partial charge >= 0.3 is 0 Å². The summed E-state index contributed by atoms with van der Waals surface area (Å²) in [7, 11) is 0. The molecular weight excluding hydrogens is 508 g/mol. The fraction of sp³-hybridized carbons (Fsp3) is 0.643. The molecule has 0 saturated carbocycles. The highest BCUT2D eigenvalue weighted by molar-refractivity contribution is 6.32. The second-order valence-corrected chi connectivity index (χ2v) is 11.0. The summed E-state index contributed by atoms with van der Waals surface area (Å²) in [5, 5.41) is 3.66. The van der Waals surface area contributed by atoms with Crippen molar-refractivity contribution in [2.75, 3.05) is 19.7 Å². The monoisotopic (exact) mass is 550 g/mol. The van der Waals surface area contributed by atoms with Gasteiger partial charge in [0, 0.05) is 31.3 Å². The lowest BCUT2D eigenvalue weighted by Crippen LogP contribution is -2.48. The third kappa shape index (κ3) is 10.3. The van der Waals surface area contributed by atoms with Crippen molar-refractivity contribution in [2.24, 2.45) is 23.3 Å². The molecule has 38 heavy (non-hydrogen) atoms. The summed E-state index contributed by atoms with van der Waals surface area (Å²) in [6.45, 7) is 6.92. The van der Waals surface area contributed by atoms with Gasteiger partial charge in [0.15, 0.2) is 5.78 Å². The predicted molar refractivity (Wildman–Crippen MR) is 148 cm³/mol. The van der Waals surface area contributed by atoms with Gasteiger partial charge in [-0.3, -0.25) is 19.2 Å². The van der Waals surface area contributed by atoms with Crippen LogP contribution in [-0.4, -0.2) is 60.2 Å². The van der Waals surface area contributed by atoms with Gasteiger partial charge in [-0.1, -0.05) is 44.5 Å². The summed E-state index contributed by atoms with van der Waals surface area (Å²) >= 11 is 6.52. The molecule has 5 N–H and O–H groups in total. The summed E-state index contributed by atoms with van der Waals surface area (Å²) in [5.41, 5.74) is 11.4. The number of carbonyl (C=O) groups excluding carboxylic acids is 4. The highest BCUT2D eigenvalue weighted by Crippen LogP contribution is 2.29. The summed E-state index contributed by atoms with van der Waals surface area (Å²) in [6, 6.07) is 4.67. The molecule has 9 nitrogen and oxygen atoms in total. The number of amides is 3. The van der Waals surface area contributed by atoms with Crippen molar-refractivity contribution >= 4 is 35.1 Å². The lowest BCUT2D eigenvalue weighted by atomic mass is 9.97. The number of likely N-dealkylation sites (tertiary alicyclic amines) is 1. The normalized spacial score (nSPS) is 16.9. The zero-order valence-corrected chi connectivity index (χ0v) is 23.6. The van der Waals surface area contributed by atoms with E-state index in [9.17, 15) is 19.2 Å². The maximum atomic E-state index is 13.1. The number of ether oxygens (including phenoxy) is 1. The average Bonchev–Trinajstić information content (AvgIpc) is 3.34. The Labute approximate surface area is 231 Å². The van der Waals surface area contributed by atoms with E-state index < -0.39 is 11.9 Å². The van der Waals surface area contributed by atoms with Gasteiger partial charge in [-0.2, -0.15) is 0 Å². The SMILES string of the molecule is CC(C)C[C@H](C)C(=O)N1CCC[C@H]1C(=O)CN[C@@H](CCC(N)=O)COc1cccc(CCCC(N)=O)c1Cl. The molecule has 0 unspecified atom stereocenters. The molecule has 0 bridgehead atoms. The van der Waals surface area contributed by atoms with Crippen LogP contribution in [0.1, 0.15) is 71.3 Å². The summed E-state index contributed by atoms with van der Waals surface area (Å²) in [4.78, 5) is 50.3. The first-order valence-corrected chi connectivity index (χ1v) is 13.9. The number of aryl methyl sites for hydroxylation is 1. The Bertz CT molecular complexity index is 971. The van der Waals surface area contributed by atoms with Gasteiger partial charge in [0.25, 0.3) is 0 Å². The van der Waals surface area contributed by atoms with E-state index in [4.69, 9.17) is 27.8 Å². The van der Waals surface area contributed by atoms with Crippen LogP contribution in [0.5, 0.6) is 5.75 Å². The van der Waals surface area contributed by atoms with Gasteiger partial charge in [0.05, 0.1) is 17.6 Å². The molecule has 1 aliphatic rings. The number of ketones is 1. The maximum Gasteiger partial charge on any atom is 0.226 e. The highest BCUT2D eigenvalue weighted by atomic mass is 35.5. The molecule has 3 amide bonds. The number of hydrogen-bond acceptors (Lipinski definition) is 6. The lowest BCUT2D eigenvalue weighted by Gasteiger charge is -2.28.